The lowest BCUT2D eigenvalue weighted by molar-refractivity contribution is -0.117. The number of benzene rings is 1. The van der Waals surface area contributed by atoms with Crippen LogP contribution in [0.15, 0.2) is 18.2 Å². The SMILES string of the molecule is Cc1ccc(N)cc1NC(=O)CN1CCCC(C)(O)CC1. The van der Waals surface area contributed by atoms with Crippen LogP contribution in [0.2, 0.25) is 0 Å². The maximum Gasteiger partial charge on any atom is 0.238 e. The number of nitrogen functional groups attached to an aromatic ring is 1. The fourth-order valence-electron chi connectivity index (χ4n) is 2.64. The van der Waals surface area contributed by atoms with E-state index in [2.05, 4.69) is 10.2 Å². The van der Waals surface area contributed by atoms with Crippen molar-refractivity contribution in [2.45, 2.75) is 38.7 Å². The third kappa shape index (κ3) is 4.72. The summed E-state index contributed by atoms with van der Waals surface area (Å²) in [5, 5.41) is 13.0. The van der Waals surface area contributed by atoms with E-state index in [1.807, 2.05) is 26.0 Å². The average molecular weight is 291 g/mol. The Kier molecular flexibility index (Phi) is 4.85. The number of carbonyl (C=O) groups is 1. The van der Waals surface area contributed by atoms with Gasteiger partial charge in [-0.1, -0.05) is 6.07 Å². The molecule has 1 fully saturated rings. The third-order valence-corrected chi connectivity index (χ3v) is 4.06. The summed E-state index contributed by atoms with van der Waals surface area (Å²) in [5.74, 6) is -0.0368. The molecule has 0 saturated carbocycles. The lowest BCUT2D eigenvalue weighted by Gasteiger charge is -2.22. The lowest BCUT2D eigenvalue weighted by Crippen LogP contribution is -2.35. The number of hydrogen-bond donors (Lipinski definition) is 3. The highest BCUT2D eigenvalue weighted by atomic mass is 16.3. The fourth-order valence-corrected chi connectivity index (χ4v) is 2.64. The van der Waals surface area contributed by atoms with Crippen LogP contribution in [0, 0.1) is 6.92 Å². The van der Waals surface area contributed by atoms with Crippen LogP contribution in [0.25, 0.3) is 0 Å². The van der Waals surface area contributed by atoms with Crippen molar-refractivity contribution in [3.8, 4) is 0 Å². The summed E-state index contributed by atoms with van der Waals surface area (Å²) >= 11 is 0. The van der Waals surface area contributed by atoms with Gasteiger partial charge >= 0.3 is 0 Å². The second-order valence-electron chi connectivity index (χ2n) is 6.25. The number of likely N-dealkylation sites (tertiary alicyclic amines) is 1. The number of aliphatic hydroxyl groups is 1. The number of anilines is 2. The Balaban J connectivity index is 1.91. The van der Waals surface area contributed by atoms with Crippen LogP contribution in [-0.4, -0.2) is 41.1 Å². The second-order valence-corrected chi connectivity index (χ2v) is 6.25. The highest BCUT2D eigenvalue weighted by molar-refractivity contribution is 5.93. The Morgan fingerprint density at radius 2 is 2.19 bits per heavy atom. The number of aryl methyl sites for hydroxylation is 1. The van der Waals surface area contributed by atoms with Crippen LogP contribution in [0.5, 0.6) is 0 Å². The van der Waals surface area contributed by atoms with Gasteiger partial charge in [-0.25, -0.2) is 0 Å². The molecule has 0 aliphatic carbocycles. The van der Waals surface area contributed by atoms with E-state index < -0.39 is 5.60 Å². The van der Waals surface area contributed by atoms with Crippen molar-refractivity contribution in [1.82, 2.24) is 4.90 Å². The van der Waals surface area contributed by atoms with E-state index in [1.165, 1.54) is 0 Å². The van der Waals surface area contributed by atoms with E-state index in [0.29, 0.717) is 18.7 Å². The monoisotopic (exact) mass is 291 g/mol. The molecule has 2 rings (SSSR count). The largest absolute Gasteiger partial charge is 0.399 e. The smallest absolute Gasteiger partial charge is 0.238 e. The van der Waals surface area contributed by atoms with E-state index in [9.17, 15) is 9.90 Å². The number of rotatable bonds is 3. The van der Waals surface area contributed by atoms with Gasteiger partial charge in [-0.3, -0.25) is 9.69 Å². The van der Waals surface area contributed by atoms with Crippen LogP contribution < -0.4 is 11.1 Å². The first kappa shape index (κ1) is 15.8. The summed E-state index contributed by atoms with van der Waals surface area (Å²) in [5.41, 5.74) is 7.55. The third-order valence-electron chi connectivity index (χ3n) is 4.06. The Morgan fingerprint density at radius 3 is 2.95 bits per heavy atom. The maximum absolute atomic E-state index is 12.2. The average Bonchev–Trinajstić information content (AvgIpc) is 2.55. The van der Waals surface area contributed by atoms with E-state index in [0.717, 1.165) is 37.2 Å². The zero-order chi connectivity index (χ0) is 15.5. The first-order valence-electron chi connectivity index (χ1n) is 7.46. The number of nitrogens with zero attached hydrogens (tertiary/aromatic N) is 1. The van der Waals surface area contributed by atoms with Crippen LogP contribution in [-0.2, 0) is 4.79 Å². The van der Waals surface area contributed by atoms with Gasteiger partial charge in [-0.2, -0.15) is 0 Å². The molecule has 0 aromatic heterocycles. The van der Waals surface area contributed by atoms with Crippen molar-refractivity contribution >= 4 is 17.3 Å². The molecule has 5 nitrogen and oxygen atoms in total. The molecule has 1 amide bonds. The highest BCUT2D eigenvalue weighted by Gasteiger charge is 2.25. The van der Waals surface area contributed by atoms with Crippen molar-refractivity contribution in [3.63, 3.8) is 0 Å². The fraction of sp³-hybridized carbons (Fsp3) is 0.562. The number of nitrogens with one attached hydrogen (secondary N) is 1. The molecule has 0 bridgehead atoms. The molecule has 1 saturated heterocycles. The molecule has 116 valence electrons. The van der Waals surface area contributed by atoms with Gasteiger partial charge in [0.15, 0.2) is 0 Å². The van der Waals surface area contributed by atoms with Crippen molar-refractivity contribution in [1.29, 1.82) is 0 Å². The zero-order valence-electron chi connectivity index (χ0n) is 12.9. The van der Waals surface area contributed by atoms with Crippen LogP contribution in [0.3, 0.4) is 0 Å². The molecule has 1 aromatic rings. The summed E-state index contributed by atoms with van der Waals surface area (Å²) in [6.07, 6.45) is 2.41. The van der Waals surface area contributed by atoms with E-state index in [1.54, 1.807) is 6.07 Å². The first-order chi connectivity index (χ1) is 9.85. The molecule has 1 unspecified atom stereocenters. The predicted molar refractivity (Wildman–Crippen MR) is 85.1 cm³/mol. The molecule has 0 spiro atoms. The van der Waals surface area contributed by atoms with Gasteiger partial charge in [0.2, 0.25) is 5.91 Å². The Hall–Kier alpha value is -1.59. The lowest BCUT2D eigenvalue weighted by atomic mass is 9.98. The molecular weight excluding hydrogens is 266 g/mol. The minimum atomic E-state index is -0.601. The molecule has 5 heteroatoms. The minimum absolute atomic E-state index is 0.0368. The molecule has 1 aliphatic heterocycles. The molecule has 0 radical (unpaired) electrons. The number of nitrogens with two attached hydrogens (primary N) is 1. The van der Waals surface area contributed by atoms with Gasteiger partial charge in [0.05, 0.1) is 12.1 Å². The Bertz CT molecular complexity index is 514. The van der Waals surface area contributed by atoms with Crippen LogP contribution >= 0.6 is 0 Å². The summed E-state index contributed by atoms with van der Waals surface area (Å²) in [6, 6.07) is 5.50. The molecular formula is C16H25N3O2. The number of carbonyl (C=O) groups excluding carboxylic acids is 1. The summed E-state index contributed by atoms with van der Waals surface area (Å²) in [7, 11) is 0. The normalized spacial score (nSPS) is 23.6. The van der Waals surface area contributed by atoms with Crippen molar-refractivity contribution in [2.24, 2.45) is 0 Å². The van der Waals surface area contributed by atoms with E-state index >= 15 is 0 Å². The standard InChI is InChI=1S/C16H25N3O2/c1-12-4-5-13(17)10-14(12)18-15(20)11-19-8-3-6-16(2,21)7-9-19/h4-5,10,21H,3,6-9,11,17H2,1-2H3,(H,18,20). The predicted octanol–water partition coefficient (Wildman–Crippen LogP) is 1.75. The van der Waals surface area contributed by atoms with Crippen LogP contribution in [0.4, 0.5) is 11.4 Å². The topological polar surface area (TPSA) is 78.6 Å². The van der Waals surface area contributed by atoms with Gasteiger partial charge in [-0.05, 0) is 57.4 Å². The second kappa shape index (κ2) is 6.45. The van der Waals surface area contributed by atoms with Crippen LogP contribution in [0.1, 0.15) is 31.7 Å². The van der Waals surface area contributed by atoms with Gasteiger partial charge in [-0.15, -0.1) is 0 Å². The molecule has 4 N–H and O–H groups in total. The highest BCUT2D eigenvalue weighted by Crippen LogP contribution is 2.22. The first-order valence-corrected chi connectivity index (χ1v) is 7.46. The Morgan fingerprint density at radius 1 is 1.43 bits per heavy atom. The summed E-state index contributed by atoms with van der Waals surface area (Å²) < 4.78 is 0. The van der Waals surface area contributed by atoms with Gasteiger partial charge in [0.1, 0.15) is 0 Å². The zero-order valence-corrected chi connectivity index (χ0v) is 12.9. The van der Waals surface area contributed by atoms with Gasteiger partial charge in [0.25, 0.3) is 0 Å². The molecule has 1 aliphatic rings. The van der Waals surface area contributed by atoms with E-state index in [-0.39, 0.29) is 5.91 Å². The van der Waals surface area contributed by atoms with E-state index in [4.69, 9.17) is 5.73 Å². The van der Waals surface area contributed by atoms with Crippen molar-refractivity contribution in [3.05, 3.63) is 23.8 Å². The summed E-state index contributed by atoms with van der Waals surface area (Å²) in [4.78, 5) is 14.3. The molecule has 1 atom stereocenters. The number of hydrogen-bond acceptors (Lipinski definition) is 4. The molecule has 1 heterocycles. The minimum Gasteiger partial charge on any atom is -0.399 e. The number of amides is 1. The summed E-state index contributed by atoms with van der Waals surface area (Å²) in [6.45, 7) is 5.75. The van der Waals surface area contributed by atoms with Gasteiger partial charge in [0, 0.05) is 17.9 Å². The maximum atomic E-state index is 12.2. The van der Waals surface area contributed by atoms with Crippen molar-refractivity contribution in [2.75, 3.05) is 30.7 Å². The molecule has 21 heavy (non-hydrogen) atoms. The Labute approximate surface area is 126 Å². The quantitative estimate of drug-likeness (QED) is 0.741. The molecule has 1 aromatic carbocycles. The van der Waals surface area contributed by atoms with Gasteiger partial charge < -0.3 is 16.2 Å². The van der Waals surface area contributed by atoms with Crippen molar-refractivity contribution < 1.29 is 9.90 Å².